The highest BCUT2D eigenvalue weighted by atomic mass is 32.1. The Morgan fingerprint density at radius 1 is 1.38 bits per heavy atom. The van der Waals surface area contributed by atoms with E-state index in [4.69, 9.17) is 0 Å². The van der Waals surface area contributed by atoms with Crippen LogP contribution in [0.3, 0.4) is 0 Å². The van der Waals surface area contributed by atoms with Crippen LogP contribution in [-0.2, 0) is 6.42 Å². The van der Waals surface area contributed by atoms with Gasteiger partial charge < -0.3 is 5.32 Å². The second-order valence-electron chi connectivity index (χ2n) is 3.79. The smallest absolute Gasteiger partial charge is 0.263 e. The summed E-state index contributed by atoms with van der Waals surface area (Å²) >= 11 is 1.49. The molecule has 0 bridgehead atoms. The van der Waals surface area contributed by atoms with E-state index in [2.05, 4.69) is 17.2 Å². The van der Waals surface area contributed by atoms with Crippen LogP contribution in [0.1, 0.15) is 54.2 Å². The molecule has 0 aliphatic heterocycles. The molecular weight excluding hydrogens is 220 g/mol. The average molecular weight is 240 g/mol. The number of carbonyl (C=O) groups is 1. The molecule has 0 aliphatic rings. The fraction of sp³-hybridized carbons (Fsp3) is 0.667. The van der Waals surface area contributed by atoms with Crippen LogP contribution in [0, 0.1) is 0 Å². The summed E-state index contributed by atoms with van der Waals surface area (Å²) in [7, 11) is 0. The molecule has 0 saturated heterocycles. The molecule has 1 heterocycles. The number of aryl methyl sites for hydroxylation is 1. The van der Waals surface area contributed by atoms with Crippen LogP contribution >= 0.6 is 11.3 Å². The number of aromatic nitrogens is 1. The minimum Gasteiger partial charge on any atom is -0.351 e. The van der Waals surface area contributed by atoms with Gasteiger partial charge in [0.1, 0.15) is 4.88 Å². The van der Waals surface area contributed by atoms with E-state index < -0.39 is 0 Å². The lowest BCUT2D eigenvalue weighted by Crippen LogP contribution is -2.23. The molecule has 1 amide bonds. The number of amides is 1. The molecule has 1 rings (SSSR count). The average Bonchev–Trinajstić information content (AvgIpc) is 2.77. The predicted molar refractivity (Wildman–Crippen MR) is 68.0 cm³/mol. The van der Waals surface area contributed by atoms with Crippen LogP contribution in [0.2, 0.25) is 0 Å². The molecule has 4 heteroatoms. The lowest BCUT2D eigenvalue weighted by molar-refractivity contribution is 0.0957. The van der Waals surface area contributed by atoms with Gasteiger partial charge in [0.25, 0.3) is 5.91 Å². The molecule has 1 N–H and O–H groups in total. The maximum Gasteiger partial charge on any atom is 0.263 e. The van der Waals surface area contributed by atoms with Gasteiger partial charge in [-0.15, -0.1) is 11.3 Å². The van der Waals surface area contributed by atoms with Crippen molar-refractivity contribution in [2.24, 2.45) is 0 Å². The molecule has 1 aromatic heterocycles. The van der Waals surface area contributed by atoms with Crippen molar-refractivity contribution in [2.75, 3.05) is 6.54 Å². The van der Waals surface area contributed by atoms with Crippen molar-refractivity contribution in [1.82, 2.24) is 10.3 Å². The maximum atomic E-state index is 11.7. The van der Waals surface area contributed by atoms with Crippen molar-refractivity contribution in [1.29, 1.82) is 0 Å². The molecule has 0 atom stereocenters. The summed E-state index contributed by atoms with van der Waals surface area (Å²) < 4.78 is 0. The summed E-state index contributed by atoms with van der Waals surface area (Å²) in [6, 6.07) is 0. The summed E-state index contributed by atoms with van der Waals surface area (Å²) in [5.41, 5.74) is 0. The van der Waals surface area contributed by atoms with Gasteiger partial charge in [0.2, 0.25) is 0 Å². The first-order valence-electron chi connectivity index (χ1n) is 6.00. The Balaban J connectivity index is 2.24. The van der Waals surface area contributed by atoms with Gasteiger partial charge in [0.15, 0.2) is 0 Å². The van der Waals surface area contributed by atoms with Crippen LogP contribution in [0.25, 0.3) is 0 Å². The van der Waals surface area contributed by atoms with Crippen molar-refractivity contribution in [2.45, 2.75) is 46.0 Å². The molecule has 0 saturated carbocycles. The second-order valence-corrected chi connectivity index (χ2v) is 4.90. The third-order valence-electron chi connectivity index (χ3n) is 2.40. The minimum absolute atomic E-state index is 0.0219. The molecular formula is C12H20N2OS. The van der Waals surface area contributed by atoms with Gasteiger partial charge in [-0.1, -0.05) is 33.1 Å². The molecule has 0 radical (unpaired) electrons. The Kier molecular flexibility index (Phi) is 6.08. The van der Waals surface area contributed by atoms with Gasteiger partial charge in [-0.25, -0.2) is 4.98 Å². The molecule has 0 spiro atoms. The van der Waals surface area contributed by atoms with E-state index in [0.29, 0.717) is 0 Å². The summed E-state index contributed by atoms with van der Waals surface area (Å²) in [6.45, 7) is 5.01. The zero-order chi connectivity index (χ0) is 11.8. The summed E-state index contributed by atoms with van der Waals surface area (Å²) in [5.74, 6) is 0.0219. The monoisotopic (exact) mass is 240 g/mol. The van der Waals surface area contributed by atoms with E-state index in [-0.39, 0.29) is 5.91 Å². The highest BCUT2D eigenvalue weighted by molar-refractivity contribution is 7.13. The first kappa shape index (κ1) is 13.2. The second kappa shape index (κ2) is 7.39. The van der Waals surface area contributed by atoms with E-state index in [9.17, 15) is 4.79 Å². The van der Waals surface area contributed by atoms with Gasteiger partial charge in [0, 0.05) is 6.54 Å². The summed E-state index contributed by atoms with van der Waals surface area (Å²) in [6.07, 6.45) is 7.30. The Morgan fingerprint density at radius 2 is 2.19 bits per heavy atom. The molecule has 3 nitrogen and oxygen atoms in total. The van der Waals surface area contributed by atoms with Gasteiger partial charge in [0.05, 0.1) is 11.2 Å². The number of rotatable bonds is 7. The van der Waals surface area contributed by atoms with E-state index in [1.807, 2.05) is 6.92 Å². The Morgan fingerprint density at radius 3 is 2.81 bits per heavy atom. The van der Waals surface area contributed by atoms with Crippen molar-refractivity contribution in [3.63, 3.8) is 0 Å². The zero-order valence-electron chi connectivity index (χ0n) is 10.1. The lowest BCUT2D eigenvalue weighted by Gasteiger charge is -2.02. The van der Waals surface area contributed by atoms with Crippen LogP contribution in [0.4, 0.5) is 0 Å². The number of hydrogen-bond donors (Lipinski definition) is 1. The van der Waals surface area contributed by atoms with Crippen LogP contribution < -0.4 is 5.32 Å². The maximum absolute atomic E-state index is 11.7. The fourth-order valence-corrected chi connectivity index (χ4v) is 2.19. The predicted octanol–water partition coefficient (Wildman–Crippen LogP) is 3.02. The SMILES string of the molecule is CCCCCCNC(=O)c1cnc(CC)s1. The number of nitrogens with zero attached hydrogens (tertiary/aromatic N) is 1. The van der Waals surface area contributed by atoms with Gasteiger partial charge in [-0.3, -0.25) is 4.79 Å². The third kappa shape index (κ3) is 4.31. The van der Waals surface area contributed by atoms with Crippen LogP contribution in [0.15, 0.2) is 6.20 Å². The van der Waals surface area contributed by atoms with Crippen molar-refractivity contribution >= 4 is 17.2 Å². The molecule has 0 aromatic carbocycles. The number of thiazole rings is 1. The molecule has 1 aromatic rings. The quantitative estimate of drug-likeness (QED) is 0.744. The normalized spacial score (nSPS) is 10.4. The van der Waals surface area contributed by atoms with Crippen molar-refractivity contribution < 1.29 is 4.79 Å². The van der Waals surface area contributed by atoms with E-state index in [1.165, 1.54) is 30.6 Å². The summed E-state index contributed by atoms with van der Waals surface area (Å²) in [4.78, 5) is 16.6. The van der Waals surface area contributed by atoms with Crippen LogP contribution in [-0.4, -0.2) is 17.4 Å². The third-order valence-corrected chi connectivity index (χ3v) is 3.54. The van der Waals surface area contributed by atoms with Gasteiger partial charge in [-0.2, -0.15) is 0 Å². The minimum atomic E-state index is 0.0219. The van der Waals surface area contributed by atoms with E-state index in [0.717, 1.165) is 29.3 Å². The topological polar surface area (TPSA) is 42.0 Å². The number of nitrogens with one attached hydrogen (secondary N) is 1. The van der Waals surface area contributed by atoms with E-state index in [1.54, 1.807) is 6.20 Å². The first-order chi connectivity index (χ1) is 7.77. The molecule has 0 fully saturated rings. The number of unbranched alkanes of at least 4 members (excludes halogenated alkanes) is 3. The highest BCUT2D eigenvalue weighted by Gasteiger charge is 2.08. The first-order valence-corrected chi connectivity index (χ1v) is 6.82. The number of carbonyl (C=O) groups excluding carboxylic acids is 1. The van der Waals surface area contributed by atoms with Crippen molar-refractivity contribution in [3.8, 4) is 0 Å². The standard InChI is InChI=1S/C12H20N2OS/c1-3-5-6-7-8-13-12(15)10-9-14-11(4-2)16-10/h9H,3-8H2,1-2H3,(H,13,15). The van der Waals surface area contributed by atoms with Gasteiger partial charge in [-0.05, 0) is 12.8 Å². The Bertz CT molecular complexity index is 323. The number of hydrogen-bond acceptors (Lipinski definition) is 3. The molecule has 0 aliphatic carbocycles. The van der Waals surface area contributed by atoms with Gasteiger partial charge >= 0.3 is 0 Å². The van der Waals surface area contributed by atoms with Crippen LogP contribution in [0.5, 0.6) is 0 Å². The Labute approximate surface area is 101 Å². The van der Waals surface area contributed by atoms with E-state index >= 15 is 0 Å². The lowest BCUT2D eigenvalue weighted by atomic mass is 10.2. The molecule has 90 valence electrons. The summed E-state index contributed by atoms with van der Waals surface area (Å²) in [5, 5.41) is 3.95. The highest BCUT2D eigenvalue weighted by Crippen LogP contribution is 2.12. The largest absolute Gasteiger partial charge is 0.351 e. The fourth-order valence-electron chi connectivity index (χ4n) is 1.42. The zero-order valence-corrected chi connectivity index (χ0v) is 10.9. The molecule has 0 unspecified atom stereocenters. The Hall–Kier alpha value is -0.900. The van der Waals surface area contributed by atoms with Crippen molar-refractivity contribution in [3.05, 3.63) is 16.1 Å². The molecule has 16 heavy (non-hydrogen) atoms.